The number of phenolic OH excluding ortho intramolecular Hbond substituents is 1. The van der Waals surface area contributed by atoms with E-state index in [1.165, 1.54) is 25.7 Å². The van der Waals surface area contributed by atoms with Gasteiger partial charge >= 0.3 is 0 Å². The lowest BCUT2D eigenvalue weighted by molar-refractivity contribution is 0.443. The topological polar surface area (TPSA) is 35.5 Å². The van der Waals surface area contributed by atoms with Gasteiger partial charge in [-0.25, -0.2) is 0 Å². The first-order chi connectivity index (χ1) is 9.17. The number of piperidine rings is 1. The molecule has 0 amide bonds. The molecule has 1 aromatic carbocycles. The number of hydrogen-bond donors (Lipinski definition) is 2. The molecule has 0 aromatic heterocycles. The summed E-state index contributed by atoms with van der Waals surface area (Å²) in [6, 6.07) is 6.93. The van der Waals surface area contributed by atoms with Crippen LogP contribution in [-0.2, 0) is 0 Å². The lowest BCUT2D eigenvalue weighted by atomic mass is 9.98. The zero-order valence-corrected chi connectivity index (χ0v) is 12.3. The molecular weight excluding hydrogens is 236 g/mol. The second-order valence-electron chi connectivity index (χ2n) is 5.50. The van der Waals surface area contributed by atoms with Crippen molar-refractivity contribution < 1.29 is 5.11 Å². The first-order valence-electron chi connectivity index (χ1n) is 7.44. The van der Waals surface area contributed by atoms with E-state index in [1.807, 2.05) is 19.2 Å². The molecule has 1 aromatic rings. The Morgan fingerprint density at radius 3 is 2.84 bits per heavy atom. The molecule has 1 heterocycles. The first kappa shape index (κ1) is 14.2. The van der Waals surface area contributed by atoms with Gasteiger partial charge in [0.25, 0.3) is 0 Å². The average molecular weight is 262 g/mol. The Morgan fingerprint density at radius 1 is 1.42 bits per heavy atom. The Kier molecular flexibility index (Phi) is 4.70. The van der Waals surface area contributed by atoms with E-state index in [2.05, 4.69) is 30.1 Å². The van der Waals surface area contributed by atoms with Crippen molar-refractivity contribution in [3.8, 4) is 5.75 Å². The molecule has 19 heavy (non-hydrogen) atoms. The summed E-state index contributed by atoms with van der Waals surface area (Å²) in [5, 5.41) is 13.4. The molecule has 0 spiro atoms. The first-order valence-corrected chi connectivity index (χ1v) is 7.44. The van der Waals surface area contributed by atoms with Crippen LogP contribution < -0.4 is 10.2 Å². The number of nitrogens with zero attached hydrogens (tertiary/aromatic N) is 1. The minimum Gasteiger partial charge on any atom is -0.508 e. The van der Waals surface area contributed by atoms with Gasteiger partial charge < -0.3 is 15.3 Å². The molecule has 1 aliphatic rings. The van der Waals surface area contributed by atoms with E-state index in [1.54, 1.807) is 0 Å². The van der Waals surface area contributed by atoms with Crippen molar-refractivity contribution in [1.82, 2.24) is 5.32 Å². The molecule has 0 bridgehead atoms. The van der Waals surface area contributed by atoms with E-state index in [-0.39, 0.29) is 6.04 Å². The van der Waals surface area contributed by atoms with Crippen LogP contribution in [0.4, 0.5) is 5.69 Å². The highest BCUT2D eigenvalue weighted by Gasteiger charge is 2.22. The lowest BCUT2D eigenvalue weighted by Crippen LogP contribution is -2.39. The smallest absolute Gasteiger partial charge is 0.122 e. The van der Waals surface area contributed by atoms with Gasteiger partial charge in [0.2, 0.25) is 0 Å². The monoisotopic (exact) mass is 262 g/mol. The van der Waals surface area contributed by atoms with Gasteiger partial charge in [0, 0.05) is 35.9 Å². The van der Waals surface area contributed by atoms with Crippen LogP contribution in [-0.4, -0.2) is 24.7 Å². The van der Waals surface area contributed by atoms with E-state index in [0.29, 0.717) is 11.8 Å². The Balaban J connectivity index is 2.23. The summed E-state index contributed by atoms with van der Waals surface area (Å²) < 4.78 is 0. The van der Waals surface area contributed by atoms with Gasteiger partial charge in [-0.2, -0.15) is 0 Å². The normalized spacial score (nSPS) is 21.4. The van der Waals surface area contributed by atoms with Gasteiger partial charge in [-0.3, -0.25) is 0 Å². The number of phenols is 1. The summed E-state index contributed by atoms with van der Waals surface area (Å²) in [5.41, 5.74) is 2.13. The van der Waals surface area contributed by atoms with Crippen molar-refractivity contribution in [2.24, 2.45) is 0 Å². The number of aromatic hydroxyl groups is 1. The molecule has 3 heteroatoms. The van der Waals surface area contributed by atoms with Gasteiger partial charge in [0.15, 0.2) is 0 Å². The summed E-state index contributed by atoms with van der Waals surface area (Å²) >= 11 is 0. The number of rotatable bonds is 4. The Hall–Kier alpha value is -1.22. The second kappa shape index (κ2) is 6.29. The zero-order valence-electron chi connectivity index (χ0n) is 12.3. The van der Waals surface area contributed by atoms with Gasteiger partial charge in [0.1, 0.15) is 5.75 Å². The van der Waals surface area contributed by atoms with Crippen molar-refractivity contribution in [2.45, 2.75) is 51.6 Å². The molecule has 1 aliphatic heterocycles. The minimum absolute atomic E-state index is 0.178. The Labute approximate surface area is 116 Å². The third kappa shape index (κ3) is 3.03. The van der Waals surface area contributed by atoms with Crippen LogP contribution in [0.3, 0.4) is 0 Å². The van der Waals surface area contributed by atoms with Gasteiger partial charge in [-0.1, -0.05) is 13.0 Å². The molecule has 0 radical (unpaired) electrons. The largest absolute Gasteiger partial charge is 0.508 e. The fourth-order valence-electron chi connectivity index (χ4n) is 3.00. The van der Waals surface area contributed by atoms with Gasteiger partial charge in [0.05, 0.1) is 0 Å². The van der Waals surface area contributed by atoms with Crippen molar-refractivity contribution in [2.75, 3.05) is 18.5 Å². The molecule has 1 fully saturated rings. The quantitative estimate of drug-likeness (QED) is 0.872. The molecule has 2 rings (SSSR count). The number of nitrogens with one attached hydrogen (secondary N) is 1. The van der Waals surface area contributed by atoms with Crippen LogP contribution in [0.2, 0.25) is 0 Å². The minimum atomic E-state index is 0.178. The Bertz CT molecular complexity index is 419. The maximum atomic E-state index is 10.2. The van der Waals surface area contributed by atoms with Crippen LogP contribution in [0, 0.1) is 0 Å². The summed E-state index contributed by atoms with van der Waals surface area (Å²) in [7, 11) is 1.91. The maximum absolute atomic E-state index is 10.2. The van der Waals surface area contributed by atoms with E-state index in [0.717, 1.165) is 17.8 Å². The van der Waals surface area contributed by atoms with Gasteiger partial charge in [-0.05, 0) is 45.7 Å². The van der Waals surface area contributed by atoms with Gasteiger partial charge in [-0.15, -0.1) is 0 Å². The fourth-order valence-corrected chi connectivity index (χ4v) is 3.00. The van der Waals surface area contributed by atoms with Crippen molar-refractivity contribution in [3.63, 3.8) is 0 Å². The van der Waals surface area contributed by atoms with Crippen molar-refractivity contribution >= 4 is 5.69 Å². The maximum Gasteiger partial charge on any atom is 0.122 e. The van der Waals surface area contributed by atoms with E-state index < -0.39 is 0 Å². The average Bonchev–Trinajstić information content (AvgIpc) is 2.46. The highest BCUT2D eigenvalue weighted by molar-refractivity contribution is 5.55. The molecular formula is C16H26N2O. The molecule has 106 valence electrons. The van der Waals surface area contributed by atoms with E-state index in [9.17, 15) is 5.11 Å². The summed E-state index contributed by atoms with van der Waals surface area (Å²) in [5.74, 6) is 0.403. The molecule has 2 unspecified atom stereocenters. The lowest BCUT2D eigenvalue weighted by Gasteiger charge is -2.37. The molecule has 0 aliphatic carbocycles. The van der Waals surface area contributed by atoms with Crippen molar-refractivity contribution in [3.05, 3.63) is 23.8 Å². The predicted molar refractivity (Wildman–Crippen MR) is 80.9 cm³/mol. The van der Waals surface area contributed by atoms with Crippen LogP contribution in [0.1, 0.15) is 51.1 Å². The molecule has 2 N–H and O–H groups in total. The highest BCUT2D eigenvalue weighted by atomic mass is 16.3. The number of hydrogen-bond acceptors (Lipinski definition) is 3. The number of anilines is 1. The van der Waals surface area contributed by atoms with Crippen LogP contribution in [0.25, 0.3) is 0 Å². The third-order valence-electron chi connectivity index (χ3n) is 4.34. The SMILES string of the molecule is CCC1CCCCN1c1ccc(C(C)NC)c(O)c1. The third-order valence-corrected chi connectivity index (χ3v) is 4.34. The van der Waals surface area contributed by atoms with Crippen LogP contribution in [0.15, 0.2) is 18.2 Å². The summed E-state index contributed by atoms with van der Waals surface area (Å²) in [4.78, 5) is 2.46. The van der Waals surface area contributed by atoms with E-state index >= 15 is 0 Å². The molecule has 2 atom stereocenters. The van der Waals surface area contributed by atoms with Crippen molar-refractivity contribution in [1.29, 1.82) is 0 Å². The Morgan fingerprint density at radius 2 is 2.21 bits per heavy atom. The summed E-state index contributed by atoms with van der Waals surface area (Å²) in [6.07, 6.45) is 5.03. The zero-order chi connectivity index (χ0) is 13.8. The van der Waals surface area contributed by atoms with Crippen LogP contribution >= 0.6 is 0 Å². The molecule has 0 saturated carbocycles. The summed E-state index contributed by atoms with van der Waals surface area (Å²) in [6.45, 7) is 5.42. The predicted octanol–water partition coefficient (Wildman–Crippen LogP) is 3.44. The molecule has 1 saturated heterocycles. The standard InChI is InChI=1S/C16H26N2O/c1-4-13-7-5-6-10-18(13)14-8-9-15(12(2)17-3)16(19)11-14/h8-9,11-13,17,19H,4-7,10H2,1-3H3. The van der Waals surface area contributed by atoms with Crippen LogP contribution in [0.5, 0.6) is 5.75 Å². The number of benzene rings is 1. The second-order valence-corrected chi connectivity index (χ2v) is 5.50. The van der Waals surface area contributed by atoms with E-state index in [4.69, 9.17) is 0 Å². The fraction of sp³-hybridized carbons (Fsp3) is 0.625. The highest BCUT2D eigenvalue weighted by Crippen LogP contribution is 2.32. The molecule has 3 nitrogen and oxygen atoms in total.